The molecule has 20 heavy (non-hydrogen) atoms. The van der Waals surface area contributed by atoms with Gasteiger partial charge in [0.25, 0.3) is 0 Å². The molecule has 0 fully saturated rings. The zero-order chi connectivity index (χ0) is 14.8. The fourth-order valence-electron chi connectivity index (χ4n) is 1.76. The quantitative estimate of drug-likeness (QED) is 0.849. The van der Waals surface area contributed by atoms with E-state index in [1.807, 2.05) is 0 Å². The molecule has 0 atom stereocenters. The zero-order valence-corrected chi connectivity index (χ0v) is 12.1. The molecule has 0 spiro atoms. The summed E-state index contributed by atoms with van der Waals surface area (Å²) >= 11 is 3.05. The predicted octanol–water partition coefficient (Wildman–Crippen LogP) is 3.37. The standard InChI is InChI=1S/C12H11BrF3N3O/c1-20-5-4-19-7-17-18-11(19)9-3-2-8(13)6-10(9)12(14,15)16/h2-3,6-7H,4-5H2,1H3. The van der Waals surface area contributed by atoms with E-state index in [0.717, 1.165) is 6.07 Å². The minimum absolute atomic E-state index is 0.00527. The van der Waals surface area contributed by atoms with Gasteiger partial charge in [0, 0.05) is 23.7 Å². The number of methoxy groups -OCH3 is 1. The average molecular weight is 350 g/mol. The van der Waals surface area contributed by atoms with Gasteiger partial charge in [-0.05, 0) is 18.2 Å². The van der Waals surface area contributed by atoms with Crippen molar-refractivity contribution in [3.8, 4) is 11.4 Å². The van der Waals surface area contributed by atoms with E-state index >= 15 is 0 Å². The Balaban J connectivity index is 2.50. The van der Waals surface area contributed by atoms with Crippen LogP contribution in [0.25, 0.3) is 11.4 Å². The molecule has 0 aliphatic carbocycles. The predicted molar refractivity (Wildman–Crippen MR) is 70.0 cm³/mol. The zero-order valence-electron chi connectivity index (χ0n) is 10.5. The molecule has 8 heteroatoms. The number of rotatable bonds is 4. The number of benzene rings is 1. The summed E-state index contributed by atoms with van der Waals surface area (Å²) in [5, 5.41) is 7.46. The summed E-state index contributed by atoms with van der Waals surface area (Å²) in [6.45, 7) is 0.745. The Morgan fingerprint density at radius 1 is 1.35 bits per heavy atom. The van der Waals surface area contributed by atoms with Crippen molar-refractivity contribution in [2.24, 2.45) is 0 Å². The van der Waals surface area contributed by atoms with Crippen LogP contribution in [0.3, 0.4) is 0 Å². The lowest BCUT2D eigenvalue weighted by Crippen LogP contribution is -2.11. The van der Waals surface area contributed by atoms with Crippen LogP contribution in [0.4, 0.5) is 13.2 Å². The minimum Gasteiger partial charge on any atom is -0.383 e. The molecule has 1 aromatic heterocycles. The van der Waals surface area contributed by atoms with Crippen LogP contribution in [0, 0.1) is 0 Å². The van der Waals surface area contributed by atoms with Gasteiger partial charge in [-0.25, -0.2) is 0 Å². The maximum atomic E-state index is 13.1. The van der Waals surface area contributed by atoms with Gasteiger partial charge in [0.2, 0.25) is 0 Å². The Morgan fingerprint density at radius 3 is 2.75 bits per heavy atom. The van der Waals surface area contributed by atoms with Gasteiger partial charge in [-0.3, -0.25) is 0 Å². The van der Waals surface area contributed by atoms with Crippen molar-refractivity contribution in [1.29, 1.82) is 0 Å². The van der Waals surface area contributed by atoms with Crippen molar-refractivity contribution in [3.63, 3.8) is 0 Å². The third kappa shape index (κ3) is 3.18. The molecule has 0 saturated carbocycles. The van der Waals surface area contributed by atoms with Crippen LogP contribution in [0.5, 0.6) is 0 Å². The first-order chi connectivity index (χ1) is 9.43. The summed E-state index contributed by atoms with van der Waals surface area (Å²) in [6, 6.07) is 3.95. The SMILES string of the molecule is COCCn1cnnc1-c1ccc(Br)cc1C(F)(F)F. The molecule has 1 heterocycles. The highest BCUT2D eigenvalue weighted by molar-refractivity contribution is 9.10. The van der Waals surface area contributed by atoms with Gasteiger partial charge in [-0.1, -0.05) is 15.9 Å². The molecule has 108 valence electrons. The number of hydrogen-bond donors (Lipinski definition) is 0. The normalized spacial score (nSPS) is 11.8. The highest BCUT2D eigenvalue weighted by atomic mass is 79.9. The third-order valence-corrected chi connectivity index (χ3v) is 3.17. The molecule has 0 aliphatic heterocycles. The van der Waals surface area contributed by atoms with Crippen LogP contribution in [-0.4, -0.2) is 28.5 Å². The fourth-order valence-corrected chi connectivity index (χ4v) is 2.12. The second kappa shape index (κ2) is 5.92. The van der Waals surface area contributed by atoms with Gasteiger partial charge in [-0.15, -0.1) is 10.2 Å². The highest BCUT2D eigenvalue weighted by Gasteiger charge is 2.35. The van der Waals surface area contributed by atoms with Crippen molar-refractivity contribution in [1.82, 2.24) is 14.8 Å². The van der Waals surface area contributed by atoms with E-state index in [9.17, 15) is 13.2 Å². The summed E-state index contributed by atoms with van der Waals surface area (Å²) in [5.41, 5.74) is -0.757. The maximum Gasteiger partial charge on any atom is 0.417 e. The Hall–Kier alpha value is -1.41. The van der Waals surface area contributed by atoms with Crippen molar-refractivity contribution in [3.05, 3.63) is 34.6 Å². The number of hydrogen-bond acceptors (Lipinski definition) is 3. The summed E-state index contributed by atoms with van der Waals surface area (Å²) in [7, 11) is 1.52. The van der Waals surface area contributed by atoms with Gasteiger partial charge in [0.15, 0.2) is 5.82 Å². The first-order valence-electron chi connectivity index (χ1n) is 5.67. The van der Waals surface area contributed by atoms with Crippen molar-refractivity contribution >= 4 is 15.9 Å². The van der Waals surface area contributed by atoms with Crippen LogP contribution in [0.1, 0.15) is 5.56 Å². The summed E-state index contributed by atoms with van der Waals surface area (Å²) < 4.78 is 46.1. The molecule has 0 radical (unpaired) electrons. The van der Waals surface area contributed by atoms with Crippen LogP contribution >= 0.6 is 15.9 Å². The fraction of sp³-hybridized carbons (Fsp3) is 0.333. The molecule has 2 aromatic rings. The number of halogens is 4. The van der Waals surface area contributed by atoms with E-state index in [4.69, 9.17) is 4.74 Å². The molecule has 4 nitrogen and oxygen atoms in total. The Morgan fingerprint density at radius 2 is 2.10 bits per heavy atom. The van der Waals surface area contributed by atoms with Gasteiger partial charge in [0.1, 0.15) is 6.33 Å². The van der Waals surface area contributed by atoms with Crippen LogP contribution in [0.2, 0.25) is 0 Å². The van der Waals surface area contributed by atoms with E-state index in [-0.39, 0.29) is 11.4 Å². The minimum atomic E-state index is -4.46. The van der Waals surface area contributed by atoms with Crippen molar-refractivity contribution in [2.45, 2.75) is 12.7 Å². The van der Waals surface area contributed by atoms with Crippen LogP contribution in [-0.2, 0) is 17.5 Å². The smallest absolute Gasteiger partial charge is 0.383 e. The monoisotopic (exact) mass is 349 g/mol. The number of nitrogens with zero attached hydrogens (tertiary/aromatic N) is 3. The molecule has 2 rings (SSSR count). The van der Waals surface area contributed by atoms with Crippen molar-refractivity contribution in [2.75, 3.05) is 13.7 Å². The van der Waals surface area contributed by atoms with E-state index < -0.39 is 11.7 Å². The van der Waals surface area contributed by atoms with E-state index in [1.54, 1.807) is 6.07 Å². The topological polar surface area (TPSA) is 39.9 Å². The summed E-state index contributed by atoms with van der Waals surface area (Å²) in [5.74, 6) is 0.168. The van der Waals surface area contributed by atoms with Gasteiger partial charge >= 0.3 is 6.18 Å². The Labute approximate surface area is 121 Å². The first-order valence-corrected chi connectivity index (χ1v) is 6.46. The van der Waals surface area contributed by atoms with Crippen molar-refractivity contribution < 1.29 is 17.9 Å². The summed E-state index contributed by atoms with van der Waals surface area (Å²) in [4.78, 5) is 0. The second-order valence-electron chi connectivity index (χ2n) is 4.03. The number of alkyl halides is 3. The number of aromatic nitrogens is 3. The molecule has 0 saturated heterocycles. The van der Waals surface area contributed by atoms with E-state index in [1.165, 1.54) is 24.1 Å². The largest absolute Gasteiger partial charge is 0.417 e. The van der Waals surface area contributed by atoms with E-state index in [2.05, 4.69) is 26.1 Å². The third-order valence-electron chi connectivity index (χ3n) is 2.68. The molecule has 0 bridgehead atoms. The van der Waals surface area contributed by atoms with Gasteiger partial charge in [0.05, 0.1) is 12.2 Å². The lowest BCUT2D eigenvalue weighted by molar-refractivity contribution is -0.137. The molecule has 1 aromatic carbocycles. The lowest BCUT2D eigenvalue weighted by atomic mass is 10.1. The van der Waals surface area contributed by atoms with Crippen LogP contribution in [0.15, 0.2) is 29.0 Å². The molecule has 0 unspecified atom stereocenters. The molecule has 0 amide bonds. The van der Waals surface area contributed by atoms with Gasteiger partial charge < -0.3 is 9.30 Å². The lowest BCUT2D eigenvalue weighted by Gasteiger charge is -2.13. The summed E-state index contributed by atoms with van der Waals surface area (Å²) in [6.07, 6.45) is -3.08. The molecule has 0 N–H and O–H groups in total. The second-order valence-corrected chi connectivity index (χ2v) is 4.94. The van der Waals surface area contributed by atoms with E-state index in [0.29, 0.717) is 17.6 Å². The molecule has 0 aliphatic rings. The van der Waals surface area contributed by atoms with Gasteiger partial charge in [-0.2, -0.15) is 13.2 Å². The Bertz CT molecular complexity index is 598. The average Bonchev–Trinajstić information content (AvgIpc) is 2.83. The molecular formula is C12H11BrF3N3O. The Kier molecular flexibility index (Phi) is 4.44. The number of ether oxygens (including phenoxy) is 1. The highest BCUT2D eigenvalue weighted by Crippen LogP contribution is 2.37. The maximum absolute atomic E-state index is 13.1. The first kappa shape index (κ1) is 15.0. The molecular weight excluding hydrogens is 339 g/mol. The van der Waals surface area contributed by atoms with Crippen LogP contribution < -0.4 is 0 Å².